The van der Waals surface area contributed by atoms with Gasteiger partial charge in [0.05, 0.1) is 94.1 Å². The molecule has 133 heavy (non-hydrogen) atoms. The van der Waals surface area contributed by atoms with E-state index in [4.69, 9.17) is 72.8 Å². The van der Waals surface area contributed by atoms with Crippen LogP contribution in [0, 0.1) is 11.8 Å². The van der Waals surface area contributed by atoms with E-state index < -0.39 is 158 Å². The van der Waals surface area contributed by atoms with E-state index >= 15 is 0 Å². The Morgan fingerprint density at radius 2 is 0.684 bits per heavy atom. The van der Waals surface area contributed by atoms with Crippen LogP contribution in [0.4, 0.5) is 0 Å². The van der Waals surface area contributed by atoms with Crippen molar-refractivity contribution in [2.45, 2.75) is 112 Å². The van der Waals surface area contributed by atoms with E-state index in [0.717, 1.165) is 25.3 Å². The number of benzene rings is 11. The van der Waals surface area contributed by atoms with Crippen LogP contribution in [-0.4, -0.2) is 188 Å². The molecule has 27 nitrogen and oxygen atoms in total. The Balaban J connectivity index is 0.000000172. The number of aliphatic hydroxyl groups excluding tert-OH is 3. The molecule has 0 bridgehead atoms. The molecule has 0 radical (unpaired) electrons. The molecule has 11 aromatic carbocycles. The van der Waals surface area contributed by atoms with E-state index in [1.54, 1.807) is 255 Å². The third-order valence-corrected chi connectivity index (χ3v) is 23.8. The standard InChI is InChI=1S/C29H31O10P.C27H23ClO6.C27H24O6.C21H22O5/c1-35-40(34,36-2)20-25(31)27(39-29(33)23-16-10-5-11-17-23)26(38-28(32)22-14-8-4-9-15-22)24(30)19-37-18-21-12-6-3-7-13-21;28-22-16-21(17-32-25(29)18-10-4-1-5-11-18)23(33-26(30)19-12-6-2-7-13-19)24(22)34-27(31)20-14-8-3-9-15-20;28-23-16-22(18-31-17-19-10-4-1-5-11-19)24(32-26(29)20-12-6-2-7-13-20)25(23)33-27(30)21-14-8-3-9-15-21;1-2-14-13-17(22)19(26-21(24)16-11-7-4-8-12-16)18(14)25-20(23)15-9-5-3-6-10-15/h3-17,25-27,31H,18-20H2,1-2H3;1-15,21-24H,16-17H2;1-16,23-25,28H,17-18H2;3-12,14,17-19,22H,2,13H2,1H3/t25-,26?,27-;21-,22+,23+,24?;23-,24?,25+;14-,17-,18?,19-/m0110/s1. The number of ether oxygens (including phenoxy) is 11. The summed E-state index contributed by atoms with van der Waals surface area (Å²) >= 11 is 6.55. The number of rotatable bonds is 35. The maximum absolute atomic E-state index is 13.4. The van der Waals surface area contributed by atoms with E-state index in [2.05, 4.69) is 0 Å². The fraction of sp³-hybridized carbons (Fsp3) is 0.250. The molecule has 0 saturated heterocycles. The first-order chi connectivity index (χ1) is 64.5. The fourth-order valence-electron chi connectivity index (χ4n) is 14.4. The van der Waals surface area contributed by atoms with Crippen molar-refractivity contribution in [2.75, 3.05) is 40.2 Å². The molecular formula is C104H100ClO27P. The predicted molar refractivity (Wildman–Crippen MR) is 488 cm³/mol. The average molecular weight is 1850 g/mol. The molecule has 4 unspecified atom stereocenters. The van der Waals surface area contributed by atoms with Gasteiger partial charge in [-0.25, -0.2) is 43.2 Å². The van der Waals surface area contributed by atoms with Crippen LogP contribution in [0.5, 0.6) is 0 Å². The molecule has 2 fully saturated rings. The van der Waals surface area contributed by atoms with E-state index in [1.807, 2.05) is 61.5 Å². The number of carbonyl (C=O) groups excluding carboxylic acids is 10. The summed E-state index contributed by atoms with van der Waals surface area (Å²) in [5, 5.41) is 31.5. The van der Waals surface area contributed by atoms with Crippen LogP contribution in [0.25, 0.3) is 0 Å². The van der Waals surface area contributed by atoms with Crippen molar-refractivity contribution in [1.82, 2.24) is 0 Å². The van der Waals surface area contributed by atoms with Crippen LogP contribution < -0.4 is 0 Å². The van der Waals surface area contributed by atoms with Gasteiger partial charge in [0.1, 0.15) is 31.0 Å². The molecule has 3 N–H and O–H groups in total. The summed E-state index contributed by atoms with van der Waals surface area (Å²) in [6.07, 6.45) is -10.5. The van der Waals surface area contributed by atoms with E-state index in [9.17, 15) is 67.8 Å². The Morgan fingerprint density at radius 1 is 0.368 bits per heavy atom. The second kappa shape index (κ2) is 51.2. The average Bonchev–Trinajstić information content (AvgIpc) is 1.55. The van der Waals surface area contributed by atoms with Crippen LogP contribution >= 0.6 is 19.2 Å². The fourth-order valence-corrected chi connectivity index (χ4v) is 16.0. The summed E-state index contributed by atoms with van der Waals surface area (Å²) in [4.78, 5) is 128. The van der Waals surface area contributed by atoms with Gasteiger partial charge < -0.3 is 76.5 Å². The van der Waals surface area contributed by atoms with Gasteiger partial charge in [0.25, 0.3) is 0 Å². The normalized spacial score (nSPS) is 19.3. The topological polar surface area (TPSA) is 368 Å². The van der Waals surface area contributed by atoms with Gasteiger partial charge in [0.2, 0.25) is 11.9 Å². The van der Waals surface area contributed by atoms with Crippen molar-refractivity contribution >= 4 is 78.7 Å². The van der Waals surface area contributed by atoms with Crippen LogP contribution in [-0.2, 0) is 83.7 Å². The lowest BCUT2D eigenvalue weighted by Gasteiger charge is -2.30. The minimum absolute atomic E-state index is 0.0386. The molecule has 14 atom stereocenters. The number of alkyl halides is 1. The minimum Gasteiger partial charge on any atom is -0.462 e. The largest absolute Gasteiger partial charge is 0.462 e. The molecule has 11 aromatic rings. The van der Waals surface area contributed by atoms with Gasteiger partial charge >= 0.3 is 61.3 Å². The molecule has 2 saturated carbocycles. The maximum atomic E-state index is 13.4. The maximum Gasteiger partial charge on any atom is 0.338 e. The Kier molecular flexibility index (Phi) is 38.4. The minimum atomic E-state index is -3.85. The van der Waals surface area contributed by atoms with Crippen LogP contribution in [0.1, 0.15) is 131 Å². The summed E-state index contributed by atoms with van der Waals surface area (Å²) in [6, 6.07) is 94.2. The molecule has 0 heterocycles. The van der Waals surface area contributed by atoms with Crippen molar-refractivity contribution in [1.29, 1.82) is 0 Å². The summed E-state index contributed by atoms with van der Waals surface area (Å²) in [5.41, 5.74) is 5.19. The second-order valence-electron chi connectivity index (χ2n) is 30.6. The lowest BCUT2D eigenvalue weighted by atomic mass is 10.0. The molecule has 0 aliphatic heterocycles. The van der Waals surface area contributed by atoms with Crippen LogP contribution in [0.3, 0.4) is 0 Å². The molecule has 3 aliphatic carbocycles. The van der Waals surface area contributed by atoms with E-state index in [1.165, 1.54) is 30.3 Å². The Labute approximate surface area is 773 Å². The molecule has 0 aromatic heterocycles. The lowest BCUT2D eigenvalue weighted by Crippen LogP contribution is -2.50. The third-order valence-electron chi connectivity index (χ3n) is 21.4. The number of aliphatic hydroxyl groups is 3. The number of Topliss-reactive ketones (excluding diaryl/α,β-unsaturated/α-hetero) is 1. The number of hydrogen-bond acceptors (Lipinski definition) is 27. The number of esters is 9. The quantitative estimate of drug-likeness (QED) is 0.0109. The van der Waals surface area contributed by atoms with E-state index in [-0.39, 0.29) is 36.9 Å². The monoisotopic (exact) mass is 1850 g/mol. The van der Waals surface area contributed by atoms with Crippen molar-refractivity contribution < 1.29 is 129 Å². The molecule has 14 rings (SSSR count). The number of hydrogen-bond donors (Lipinski definition) is 3. The lowest BCUT2D eigenvalue weighted by molar-refractivity contribution is -0.144. The highest BCUT2D eigenvalue weighted by Gasteiger charge is 2.51. The first-order valence-electron chi connectivity index (χ1n) is 42.7. The van der Waals surface area contributed by atoms with Crippen molar-refractivity contribution in [3.05, 3.63) is 406 Å². The third kappa shape index (κ3) is 29.7. The summed E-state index contributed by atoms with van der Waals surface area (Å²) in [6.45, 7) is 1.91. The van der Waals surface area contributed by atoms with Crippen molar-refractivity contribution in [2.24, 2.45) is 11.8 Å². The smallest absolute Gasteiger partial charge is 0.338 e. The van der Waals surface area contributed by atoms with Gasteiger partial charge in [-0.15, -0.1) is 11.6 Å². The number of ketones is 1. The van der Waals surface area contributed by atoms with Gasteiger partial charge in [-0.2, -0.15) is 0 Å². The molecule has 690 valence electrons. The zero-order valence-corrected chi connectivity index (χ0v) is 74.4. The summed E-state index contributed by atoms with van der Waals surface area (Å²) < 4.78 is 84.5. The second-order valence-corrected chi connectivity index (χ2v) is 33.5. The van der Waals surface area contributed by atoms with Crippen molar-refractivity contribution in [3.63, 3.8) is 0 Å². The summed E-state index contributed by atoms with van der Waals surface area (Å²) in [5.74, 6) is -6.97. The van der Waals surface area contributed by atoms with Crippen LogP contribution in [0.15, 0.2) is 345 Å². The molecule has 0 amide bonds. The zero-order chi connectivity index (χ0) is 94.4. The Bertz CT molecular complexity index is 5620. The Hall–Kier alpha value is -13.7. The van der Waals surface area contributed by atoms with Gasteiger partial charge in [-0.05, 0) is 151 Å². The highest BCUT2D eigenvalue weighted by Crippen LogP contribution is 2.48. The molecule has 0 spiro atoms. The highest BCUT2D eigenvalue weighted by molar-refractivity contribution is 7.53. The van der Waals surface area contributed by atoms with Gasteiger partial charge in [0, 0.05) is 26.1 Å². The SMILES string of the molecule is CC[C@H]1C[C@H](O)[C@H](OC(=O)c2ccccc2)C1OC(=O)c1ccccc1.COP(=O)(C[C@H](O)[C@H](OC(=O)c1ccccc1)C(OC(=O)c1ccccc1)C(=O)COCc1ccccc1)OC.O=C(OC1C(COCc2ccccc2)=C[C@@H](O)[C@@H]1OC(=O)c1ccccc1)c1ccccc1.O=C(OC[C@H]1C[C@H](Cl)C(OC(=O)c2ccccc2)[C@H]1OC(=O)c1ccccc1)c1ccccc1. The first-order valence-corrected chi connectivity index (χ1v) is 44.8. The summed E-state index contributed by atoms with van der Waals surface area (Å²) in [7, 11) is -1.61. The van der Waals surface area contributed by atoms with Crippen LogP contribution in [0.2, 0.25) is 0 Å². The van der Waals surface area contributed by atoms with Gasteiger partial charge in [0.15, 0.2) is 30.5 Å². The van der Waals surface area contributed by atoms with Gasteiger partial charge in [-0.3, -0.25) is 9.36 Å². The van der Waals surface area contributed by atoms with Gasteiger partial charge in [-0.1, -0.05) is 231 Å². The predicted octanol–water partition coefficient (Wildman–Crippen LogP) is 16.2. The van der Waals surface area contributed by atoms with E-state index in [0.29, 0.717) is 70.4 Å². The van der Waals surface area contributed by atoms with Crippen molar-refractivity contribution in [3.8, 4) is 0 Å². The number of carbonyl (C=O) groups is 10. The molecule has 3 aliphatic rings. The molecular weight excluding hydrogens is 1750 g/mol. The highest BCUT2D eigenvalue weighted by atomic mass is 35.5. The zero-order valence-electron chi connectivity index (χ0n) is 72.7. The molecule has 29 heteroatoms. The first kappa shape index (κ1) is 99.9. The number of halogens is 1. The Morgan fingerprint density at radius 3 is 1.06 bits per heavy atom.